The number of nitrogens with one attached hydrogen (secondary N) is 2. The number of hydrogen-bond donors (Lipinski definition) is 2. The van der Waals surface area contributed by atoms with Crippen molar-refractivity contribution in [2.45, 2.75) is 37.5 Å². The highest BCUT2D eigenvalue weighted by Gasteiger charge is 2.35. The Labute approximate surface area is 127 Å². The van der Waals surface area contributed by atoms with E-state index in [1.165, 1.54) is 31.2 Å². The van der Waals surface area contributed by atoms with E-state index in [-0.39, 0.29) is 23.7 Å². The van der Waals surface area contributed by atoms with E-state index >= 15 is 0 Å². The van der Waals surface area contributed by atoms with Gasteiger partial charge in [-0.05, 0) is 25.5 Å². The number of amides is 1. The Hall–Kier alpha value is -1.06. The van der Waals surface area contributed by atoms with E-state index in [0.717, 1.165) is 13.1 Å². The number of rotatable bonds is 6. The first-order chi connectivity index (χ1) is 9.27. The van der Waals surface area contributed by atoms with Crippen LogP contribution in [0.25, 0.3) is 0 Å². The van der Waals surface area contributed by atoms with Crippen molar-refractivity contribution in [1.82, 2.24) is 10.6 Å². The predicted octanol–water partition coefficient (Wildman–Crippen LogP) is 2.65. The molecule has 0 heterocycles. The monoisotopic (exact) mass is 296 g/mol. The minimum atomic E-state index is 0. The Morgan fingerprint density at radius 2 is 1.85 bits per heavy atom. The summed E-state index contributed by atoms with van der Waals surface area (Å²) in [6.07, 6.45) is 5.45. The van der Waals surface area contributed by atoms with E-state index in [0.29, 0.717) is 6.42 Å². The van der Waals surface area contributed by atoms with Crippen LogP contribution in [0.15, 0.2) is 30.3 Å². The summed E-state index contributed by atoms with van der Waals surface area (Å²) in [5, 5.41) is 6.13. The fourth-order valence-corrected chi connectivity index (χ4v) is 3.01. The van der Waals surface area contributed by atoms with Gasteiger partial charge in [-0.1, -0.05) is 43.2 Å². The molecule has 0 unspecified atom stereocenters. The average molecular weight is 297 g/mol. The molecule has 0 radical (unpaired) electrons. The van der Waals surface area contributed by atoms with E-state index in [2.05, 4.69) is 41.0 Å². The summed E-state index contributed by atoms with van der Waals surface area (Å²) in [5.41, 5.74) is 1.54. The molecule has 1 aliphatic carbocycles. The Balaban J connectivity index is 0.00000200. The van der Waals surface area contributed by atoms with Gasteiger partial charge in [-0.2, -0.15) is 0 Å². The summed E-state index contributed by atoms with van der Waals surface area (Å²) >= 11 is 0. The molecule has 1 aliphatic rings. The fraction of sp³-hybridized carbons (Fsp3) is 0.562. The third-order valence-electron chi connectivity index (χ3n) is 4.17. The molecular formula is C16H25ClN2O. The minimum Gasteiger partial charge on any atom is -0.355 e. The number of benzene rings is 1. The third kappa shape index (κ3) is 4.22. The van der Waals surface area contributed by atoms with Gasteiger partial charge in [0.25, 0.3) is 0 Å². The van der Waals surface area contributed by atoms with Gasteiger partial charge in [0.05, 0.1) is 0 Å². The highest BCUT2D eigenvalue weighted by molar-refractivity contribution is 5.85. The second-order valence-corrected chi connectivity index (χ2v) is 5.48. The second-order valence-electron chi connectivity index (χ2n) is 5.48. The normalized spacial score (nSPS) is 16.4. The summed E-state index contributed by atoms with van der Waals surface area (Å²) in [6, 6.07) is 10.6. The van der Waals surface area contributed by atoms with Crippen LogP contribution in [-0.2, 0) is 10.2 Å². The lowest BCUT2D eigenvalue weighted by Gasteiger charge is -2.30. The van der Waals surface area contributed by atoms with Crippen LogP contribution in [0.3, 0.4) is 0 Å². The molecule has 0 aromatic heterocycles. The maximum absolute atomic E-state index is 11.8. The largest absolute Gasteiger partial charge is 0.355 e. The van der Waals surface area contributed by atoms with Crippen molar-refractivity contribution < 1.29 is 4.79 Å². The van der Waals surface area contributed by atoms with Crippen LogP contribution in [0.4, 0.5) is 0 Å². The zero-order valence-electron chi connectivity index (χ0n) is 12.2. The van der Waals surface area contributed by atoms with Gasteiger partial charge in [-0.15, -0.1) is 12.4 Å². The Morgan fingerprint density at radius 3 is 2.45 bits per heavy atom. The Morgan fingerprint density at radius 1 is 1.20 bits per heavy atom. The first kappa shape index (κ1) is 17.0. The molecule has 112 valence electrons. The minimum absolute atomic E-state index is 0. The van der Waals surface area contributed by atoms with Gasteiger partial charge in [-0.25, -0.2) is 0 Å². The molecule has 0 saturated heterocycles. The molecule has 1 aromatic carbocycles. The second kappa shape index (κ2) is 8.28. The summed E-state index contributed by atoms with van der Waals surface area (Å²) in [4.78, 5) is 11.8. The van der Waals surface area contributed by atoms with Gasteiger partial charge in [0.1, 0.15) is 0 Å². The van der Waals surface area contributed by atoms with Gasteiger partial charge >= 0.3 is 0 Å². The van der Waals surface area contributed by atoms with E-state index in [1.54, 1.807) is 0 Å². The number of carbonyl (C=O) groups is 1. The van der Waals surface area contributed by atoms with Crippen molar-refractivity contribution in [3.8, 4) is 0 Å². The zero-order chi connectivity index (χ0) is 13.6. The lowest BCUT2D eigenvalue weighted by molar-refractivity contribution is -0.121. The Bertz CT molecular complexity index is 402. The van der Waals surface area contributed by atoms with Crippen LogP contribution < -0.4 is 10.6 Å². The van der Waals surface area contributed by atoms with E-state index in [4.69, 9.17) is 0 Å². The van der Waals surface area contributed by atoms with Gasteiger partial charge in [0, 0.05) is 24.9 Å². The van der Waals surface area contributed by atoms with Crippen molar-refractivity contribution in [1.29, 1.82) is 0 Å². The molecule has 4 heteroatoms. The highest BCUT2D eigenvalue weighted by atomic mass is 35.5. The first-order valence-corrected chi connectivity index (χ1v) is 7.24. The van der Waals surface area contributed by atoms with Crippen LogP contribution in [-0.4, -0.2) is 26.0 Å². The van der Waals surface area contributed by atoms with E-state index in [1.807, 2.05) is 7.05 Å². The zero-order valence-corrected chi connectivity index (χ0v) is 13.0. The van der Waals surface area contributed by atoms with Crippen molar-refractivity contribution in [3.63, 3.8) is 0 Å². The SMILES string of the molecule is CNCCC(=O)NCC1(c2ccccc2)CCCC1.Cl. The molecule has 3 nitrogen and oxygen atoms in total. The molecule has 1 aromatic rings. The summed E-state index contributed by atoms with van der Waals surface area (Å²) in [6.45, 7) is 1.52. The van der Waals surface area contributed by atoms with E-state index < -0.39 is 0 Å². The van der Waals surface area contributed by atoms with Crippen LogP contribution >= 0.6 is 12.4 Å². The van der Waals surface area contributed by atoms with Crippen LogP contribution in [0, 0.1) is 0 Å². The molecule has 0 aliphatic heterocycles. The summed E-state index contributed by atoms with van der Waals surface area (Å²) in [7, 11) is 1.87. The third-order valence-corrected chi connectivity index (χ3v) is 4.17. The highest BCUT2D eigenvalue weighted by Crippen LogP contribution is 2.40. The number of halogens is 1. The topological polar surface area (TPSA) is 41.1 Å². The molecule has 1 saturated carbocycles. The molecule has 1 fully saturated rings. The molecule has 0 spiro atoms. The lowest BCUT2D eigenvalue weighted by Crippen LogP contribution is -2.39. The van der Waals surface area contributed by atoms with Crippen molar-refractivity contribution in [3.05, 3.63) is 35.9 Å². The van der Waals surface area contributed by atoms with Gasteiger partial charge in [0.15, 0.2) is 0 Å². The van der Waals surface area contributed by atoms with Crippen molar-refractivity contribution >= 4 is 18.3 Å². The molecular weight excluding hydrogens is 272 g/mol. The van der Waals surface area contributed by atoms with Crippen molar-refractivity contribution in [2.75, 3.05) is 20.1 Å². The van der Waals surface area contributed by atoms with Crippen LogP contribution in [0.2, 0.25) is 0 Å². The molecule has 2 rings (SSSR count). The summed E-state index contributed by atoms with van der Waals surface area (Å²) < 4.78 is 0. The van der Waals surface area contributed by atoms with Crippen LogP contribution in [0.1, 0.15) is 37.7 Å². The van der Waals surface area contributed by atoms with Gasteiger partial charge in [0.2, 0.25) is 5.91 Å². The standard InChI is InChI=1S/C16H24N2O.ClH/c1-17-12-9-15(19)18-13-16(10-5-6-11-16)14-7-3-2-4-8-14;/h2-4,7-8,17H,5-6,9-13H2,1H3,(H,18,19);1H. The molecule has 0 bridgehead atoms. The Kier molecular flexibility index (Phi) is 7.03. The summed E-state index contributed by atoms with van der Waals surface area (Å²) in [5.74, 6) is 0.150. The molecule has 20 heavy (non-hydrogen) atoms. The lowest BCUT2D eigenvalue weighted by atomic mass is 9.79. The fourth-order valence-electron chi connectivity index (χ4n) is 3.01. The first-order valence-electron chi connectivity index (χ1n) is 7.24. The molecule has 0 atom stereocenters. The van der Waals surface area contributed by atoms with Crippen LogP contribution in [0.5, 0.6) is 0 Å². The number of carbonyl (C=O) groups excluding carboxylic acids is 1. The maximum atomic E-state index is 11.8. The molecule has 2 N–H and O–H groups in total. The smallest absolute Gasteiger partial charge is 0.221 e. The quantitative estimate of drug-likeness (QED) is 0.847. The van der Waals surface area contributed by atoms with Gasteiger partial charge < -0.3 is 10.6 Å². The predicted molar refractivity (Wildman–Crippen MR) is 85.4 cm³/mol. The van der Waals surface area contributed by atoms with E-state index in [9.17, 15) is 4.79 Å². The van der Waals surface area contributed by atoms with Crippen molar-refractivity contribution in [2.24, 2.45) is 0 Å². The van der Waals surface area contributed by atoms with Gasteiger partial charge in [-0.3, -0.25) is 4.79 Å². The average Bonchev–Trinajstić information content (AvgIpc) is 2.94. The molecule has 1 amide bonds. The number of hydrogen-bond acceptors (Lipinski definition) is 2. The maximum Gasteiger partial charge on any atom is 0.221 e.